The van der Waals surface area contributed by atoms with E-state index < -0.39 is 20.8 Å². The third-order valence-electron chi connectivity index (χ3n) is 8.34. The van der Waals surface area contributed by atoms with Crippen LogP contribution in [0.25, 0.3) is 0 Å². The molecule has 0 N–H and O–H groups in total. The van der Waals surface area contributed by atoms with Gasteiger partial charge in [0.1, 0.15) is 11.5 Å². The van der Waals surface area contributed by atoms with Gasteiger partial charge in [-0.1, -0.05) is 27.2 Å². The molecule has 0 radical (unpaired) electrons. The quantitative estimate of drug-likeness (QED) is 0.362. The molecule has 29 heavy (non-hydrogen) atoms. The van der Waals surface area contributed by atoms with Crippen molar-refractivity contribution in [3.8, 4) is 0 Å². The molecule has 3 fully saturated rings. The third kappa shape index (κ3) is 6.38. The Kier molecular flexibility index (Phi) is 12.2. The fourth-order valence-electron chi connectivity index (χ4n) is 6.93. The van der Waals surface area contributed by atoms with Crippen molar-refractivity contribution < 1.29 is 25.3 Å². The molecule has 0 bridgehead atoms. The van der Waals surface area contributed by atoms with Gasteiger partial charge in [-0.25, -0.2) is 0 Å². The second-order valence-corrected chi connectivity index (χ2v) is 13.4. The minimum atomic E-state index is -0.826. The van der Waals surface area contributed by atoms with Crippen LogP contribution in [0.5, 0.6) is 0 Å². The number of hydrogen-bond donors (Lipinski definition) is 0. The van der Waals surface area contributed by atoms with Crippen LogP contribution in [0.2, 0.25) is 0 Å². The van der Waals surface area contributed by atoms with Gasteiger partial charge in [0.05, 0.1) is 0 Å². The van der Waals surface area contributed by atoms with E-state index in [0.29, 0.717) is 5.92 Å². The van der Waals surface area contributed by atoms with Gasteiger partial charge in [0.2, 0.25) is 0 Å². The SMILES string of the molecule is Cc1ccc(C2CCCC3C(CC4C(C)CC(C)C4C)CCC23)o1.[CH3-].[CH3-].[Cl][Zr+2][Cl]. The van der Waals surface area contributed by atoms with Gasteiger partial charge in [0.25, 0.3) is 0 Å². The van der Waals surface area contributed by atoms with Crippen molar-refractivity contribution in [3.05, 3.63) is 38.5 Å². The molecule has 8 atom stereocenters. The summed E-state index contributed by atoms with van der Waals surface area (Å²) >= 11 is -0.826. The number of aryl methyl sites for hydroxylation is 1. The third-order valence-corrected chi connectivity index (χ3v) is 8.34. The Morgan fingerprint density at radius 2 is 1.66 bits per heavy atom. The van der Waals surface area contributed by atoms with Crippen molar-refractivity contribution in [1.29, 1.82) is 0 Å². The van der Waals surface area contributed by atoms with Crippen molar-refractivity contribution >= 4 is 17.0 Å². The van der Waals surface area contributed by atoms with Gasteiger partial charge in [0, 0.05) is 5.92 Å². The molecule has 0 amide bonds. The van der Waals surface area contributed by atoms with E-state index in [2.05, 4.69) is 39.8 Å². The first-order chi connectivity index (χ1) is 13.0. The monoisotopic (exact) mass is 518 g/mol. The molecule has 4 rings (SSSR count). The summed E-state index contributed by atoms with van der Waals surface area (Å²) in [5.74, 6) is 9.76. The second kappa shape index (κ2) is 12.7. The zero-order valence-electron chi connectivity index (χ0n) is 19.4. The Bertz CT molecular complexity index is 589. The van der Waals surface area contributed by atoms with E-state index in [0.717, 1.165) is 47.2 Å². The van der Waals surface area contributed by atoms with Crippen LogP contribution in [0, 0.1) is 63.2 Å². The first-order valence-electron chi connectivity index (χ1n) is 11.0. The molecule has 166 valence electrons. The Balaban J connectivity index is 0.000000794. The van der Waals surface area contributed by atoms with Crippen LogP contribution in [-0.2, 0) is 20.8 Å². The van der Waals surface area contributed by atoms with E-state index in [1.54, 1.807) is 0 Å². The van der Waals surface area contributed by atoms with Crippen molar-refractivity contribution in [1.82, 2.24) is 0 Å². The Labute approximate surface area is 199 Å². The molecule has 3 aliphatic carbocycles. The molecular formula is C25H42Cl2OZr. The molecule has 4 heteroatoms. The van der Waals surface area contributed by atoms with E-state index >= 15 is 0 Å². The van der Waals surface area contributed by atoms with Crippen molar-refractivity contribution in [3.63, 3.8) is 0 Å². The van der Waals surface area contributed by atoms with Gasteiger partial charge >= 0.3 is 37.9 Å². The summed E-state index contributed by atoms with van der Waals surface area (Å²) < 4.78 is 6.05. The number of hydrogen-bond acceptors (Lipinski definition) is 1. The molecule has 0 aliphatic heterocycles. The molecule has 1 nitrogen and oxygen atoms in total. The average molecular weight is 521 g/mol. The number of rotatable bonds is 3. The van der Waals surface area contributed by atoms with Gasteiger partial charge < -0.3 is 19.3 Å². The van der Waals surface area contributed by atoms with Crippen LogP contribution in [0.4, 0.5) is 0 Å². The van der Waals surface area contributed by atoms with Crippen LogP contribution in [0.1, 0.15) is 83.2 Å². The molecule has 0 saturated heterocycles. The van der Waals surface area contributed by atoms with Gasteiger partial charge in [-0.2, -0.15) is 0 Å². The summed E-state index contributed by atoms with van der Waals surface area (Å²) in [5.41, 5.74) is 0. The molecular weight excluding hydrogens is 478 g/mol. The maximum atomic E-state index is 6.05. The summed E-state index contributed by atoms with van der Waals surface area (Å²) in [6, 6.07) is 4.42. The fourth-order valence-corrected chi connectivity index (χ4v) is 6.93. The Hall–Kier alpha value is 0.743. The summed E-state index contributed by atoms with van der Waals surface area (Å²) in [6.07, 6.45) is 10.2. The van der Waals surface area contributed by atoms with Gasteiger partial charge in [-0.3, -0.25) is 0 Å². The standard InChI is InChI=1S/C23H36O.2CH3.2ClH.Zr/c1-14-12-15(2)22(17(14)4)13-18-9-10-20-19(18)6-5-7-21(20)23-11-8-16(3)24-23;;;;;/h8,11,14-15,17-22H,5-7,9-10,12-13H2,1-4H3;2*1H3;2*1H;/q;2*-1;;;+4/p-2. The summed E-state index contributed by atoms with van der Waals surface area (Å²) in [5, 5.41) is 0. The van der Waals surface area contributed by atoms with E-state index in [4.69, 9.17) is 21.4 Å². The molecule has 8 unspecified atom stereocenters. The second-order valence-electron chi connectivity index (χ2n) is 9.67. The van der Waals surface area contributed by atoms with Crippen molar-refractivity contribution in [2.24, 2.45) is 41.4 Å². The first kappa shape index (κ1) is 27.8. The van der Waals surface area contributed by atoms with E-state index in [1.807, 2.05) is 0 Å². The Morgan fingerprint density at radius 1 is 0.966 bits per heavy atom. The van der Waals surface area contributed by atoms with Crippen molar-refractivity contribution in [2.75, 3.05) is 0 Å². The van der Waals surface area contributed by atoms with E-state index in [1.165, 1.54) is 50.7 Å². The molecule has 0 aromatic carbocycles. The number of furan rings is 1. The average Bonchev–Trinajstić information content (AvgIpc) is 3.31. The summed E-state index contributed by atoms with van der Waals surface area (Å²) in [4.78, 5) is 0. The van der Waals surface area contributed by atoms with Gasteiger partial charge in [-0.15, -0.1) is 0 Å². The molecule has 1 heterocycles. The minimum absolute atomic E-state index is 0. The molecule has 1 aromatic heterocycles. The van der Waals surface area contributed by atoms with Gasteiger partial charge in [0.15, 0.2) is 0 Å². The number of fused-ring (bicyclic) bond motifs is 1. The predicted molar refractivity (Wildman–Crippen MR) is 124 cm³/mol. The molecule has 1 aromatic rings. The summed E-state index contributed by atoms with van der Waals surface area (Å²) in [6.45, 7) is 9.62. The van der Waals surface area contributed by atoms with E-state index in [9.17, 15) is 0 Å². The Morgan fingerprint density at radius 3 is 2.21 bits per heavy atom. The predicted octanol–water partition coefficient (Wildman–Crippen LogP) is 9.09. The normalized spacial score (nSPS) is 38.0. The maximum absolute atomic E-state index is 6.05. The van der Waals surface area contributed by atoms with Crippen LogP contribution in [0.3, 0.4) is 0 Å². The van der Waals surface area contributed by atoms with E-state index in [-0.39, 0.29) is 14.9 Å². The fraction of sp³-hybridized carbons (Fsp3) is 0.760. The van der Waals surface area contributed by atoms with Gasteiger partial charge in [-0.05, 0) is 99.0 Å². The van der Waals surface area contributed by atoms with Crippen molar-refractivity contribution in [2.45, 2.75) is 78.6 Å². The van der Waals surface area contributed by atoms with Crippen LogP contribution < -0.4 is 0 Å². The van der Waals surface area contributed by atoms with Crippen LogP contribution >= 0.6 is 17.0 Å². The summed E-state index contributed by atoms with van der Waals surface area (Å²) in [7, 11) is 9.87. The first-order valence-corrected chi connectivity index (χ1v) is 17.3. The van der Waals surface area contributed by atoms with Crippen LogP contribution in [-0.4, -0.2) is 0 Å². The zero-order valence-corrected chi connectivity index (χ0v) is 23.4. The number of halogens is 2. The molecule has 3 saturated carbocycles. The molecule has 0 spiro atoms. The molecule has 3 aliphatic rings. The topological polar surface area (TPSA) is 13.1 Å². The zero-order chi connectivity index (χ0) is 19.6. The van der Waals surface area contributed by atoms with Crippen LogP contribution in [0.15, 0.2) is 16.5 Å².